The molecule has 0 amide bonds. The number of benzene rings is 2. The fourth-order valence-electron chi connectivity index (χ4n) is 2.27. The van der Waals surface area contributed by atoms with Crippen molar-refractivity contribution in [3.63, 3.8) is 0 Å². The number of phenols is 1. The minimum atomic E-state index is -0.0566. The first kappa shape index (κ1) is 9.85. The van der Waals surface area contributed by atoms with Gasteiger partial charge in [-0.1, -0.05) is 43.0 Å². The zero-order chi connectivity index (χ0) is 12.0. The summed E-state index contributed by atoms with van der Waals surface area (Å²) >= 11 is 0. The Hall–Kier alpha value is -2.35. The highest BCUT2D eigenvalue weighted by Gasteiger charge is 2.27. The Morgan fingerprint density at radius 2 is 1.53 bits per heavy atom. The molecule has 0 aromatic heterocycles. The van der Waals surface area contributed by atoms with E-state index >= 15 is 0 Å². The number of rotatable bonds is 0. The van der Waals surface area contributed by atoms with Crippen molar-refractivity contribution in [1.82, 2.24) is 0 Å². The Kier molecular flexibility index (Phi) is 1.92. The first-order chi connectivity index (χ1) is 8.20. The van der Waals surface area contributed by atoms with Crippen LogP contribution in [0.25, 0.3) is 5.57 Å². The second-order valence-electron chi connectivity index (χ2n) is 4.05. The maximum absolute atomic E-state index is 12.3. The number of carbonyl (C=O) groups is 1. The molecule has 0 unspecified atom stereocenters. The lowest BCUT2D eigenvalue weighted by atomic mass is 9.82. The Balaban J connectivity index is 2.37. The number of aromatic hydroxyl groups is 1. The maximum Gasteiger partial charge on any atom is 0.194 e. The minimum absolute atomic E-state index is 0.0566. The second-order valence-corrected chi connectivity index (χ2v) is 4.05. The van der Waals surface area contributed by atoms with Crippen LogP contribution in [0.5, 0.6) is 5.75 Å². The van der Waals surface area contributed by atoms with Crippen LogP contribution in [0.15, 0.2) is 49.0 Å². The van der Waals surface area contributed by atoms with Crippen molar-refractivity contribution in [2.45, 2.75) is 0 Å². The largest absolute Gasteiger partial charge is 0.507 e. The summed E-state index contributed by atoms with van der Waals surface area (Å²) in [5.74, 6) is 0.0502. The summed E-state index contributed by atoms with van der Waals surface area (Å²) in [5, 5.41) is 9.86. The SMILES string of the molecule is C=C1c2ccccc2C(=O)c2cccc(O)c21. The van der Waals surface area contributed by atoms with Gasteiger partial charge < -0.3 is 5.11 Å². The molecule has 1 N–H and O–H groups in total. The normalized spacial score (nSPS) is 13.2. The van der Waals surface area contributed by atoms with Crippen molar-refractivity contribution in [1.29, 1.82) is 0 Å². The van der Waals surface area contributed by atoms with E-state index in [0.29, 0.717) is 22.3 Å². The van der Waals surface area contributed by atoms with Gasteiger partial charge in [0.25, 0.3) is 0 Å². The molecule has 1 aliphatic rings. The smallest absolute Gasteiger partial charge is 0.194 e. The zero-order valence-electron chi connectivity index (χ0n) is 9.10. The molecule has 0 heterocycles. The number of carbonyl (C=O) groups excluding carboxylic acids is 1. The Bertz CT molecular complexity index is 654. The van der Waals surface area contributed by atoms with Crippen LogP contribution in [0.2, 0.25) is 0 Å². The highest BCUT2D eigenvalue weighted by atomic mass is 16.3. The van der Waals surface area contributed by atoms with Gasteiger partial charge in [0.1, 0.15) is 5.75 Å². The number of phenolic OH excluding ortho intramolecular Hbond substituents is 1. The van der Waals surface area contributed by atoms with E-state index in [1.165, 1.54) is 0 Å². The molecule has 0 fully saturated rings. The molecule has 0 radical (unpaired) electrons. The van der Waals surface area contributed by atoms with Crippen molar-refractivity contribution in [3.05, 3.63) is 71.3 Å². The van der Waals surface area contributed by atoms with E-state index in [9.17, 15) is 9.90 Å². The first-order valence-electron chi connectivity index (χ1n) is 5.35. The van der Waals surface area contributed by atoms with Crippen molar-refractivity contribution < 1.29 is 9.90 Å². The van der Waals surface area contributed by atoms with Gasteiger partial charge in [0.2, 0.25) is 0 Å². The summed E-state index contributed by atoms with van der Waals surface area (Å²) in [6.45, 7) is 3.98. The first-order valence-corrected chi connectivity index (χ1v) is 5.35. The van der Waals surface area contributed by atoms with E-state index in [4.69, 9.17) is 0 Å². The monoisotopic (exact) mass is 222 g/mol. The van der Waals surface area contributed by atoms with Gasteiger partial charge in [0, 0.05) is 16.7 Å². The fourth-order valence-corrected chi connectivity index (χ4v) is 2.27. The average molecular weight is 222 g/mol. The second kappa shape index (κ2) is 3.32. The lowest BCUT2D eigenvalue weighted by Gasteiger charge is -2.21. The van der Waals surface area contributed by atoms with Crippen molar-refractivity contribution in [2.24, 2.45) is 0 Å². The standard InChI is InChI=1S/C15H10O2/c1-9-10-5-2-3-6-11(10)15(17)12-7-4-8-13(16)14(9)12/h2-8,16H,1H2. The highest BCUT2D eigenvalue weighted by molar-refractivity contribution is 6.19. The highest BCUT2D eigenvalue weighted by Crippen LogP contribution is 2.38. The van der Waals surface area contributed by atoms with Gasteiger partial charge >= 0.3 is 0 Å². The van der Waals surface area contributed by atoms with Gasteiger partial charge in [-0.15, -0.1) is 0 Å². The van der Waals surface area contributed by atoms with Crippen LogP contribution < -0.4 is 0 Å². The van der Waals surface area contributed by atoms with E-state index in [1.807, 2.05) is 18.2 Å². The zero-order valence-corrected chi connectivity index (χ0v) is 9.10. The topological polar surface area (TPSA) is 37.3 Å². The number of hydrogen-bond acceptors (Lipinski definition) is 2. The van der Waals surface area contributed by atoms with Crippen LogP contribution >= 0.6 is 0 Å². The third-order valence-electron chi connectivity index (χ3n) is 3.09. The van der Waals surface area contributed by atoms with E-state index in [2.05, 4.69) is 6.58 Å². The molecule has 0 saturated heterocycles. The van der Waals surface area contributed by atoms with Gasteiger partial charge in [-0.2, -0.15) is 0 Å². The number of fused-ring (bicyclic) bond motifs is 2. The van der Waals surface area contributed by atoms with Crippen LogP contribution in [0.3, 0.4) is 0 Å². The third kappa shape index (κ3) is 1.24. The van der Waals surface area contributed by atoms with Gasteiger partial charge in [-0.25, -0.2) is 0 Å². The lowest BCUT2D eigenvalue weighted by molar-refractivity contribution is 0.103. The summed E-state index contributed by atoms with van der Waals surface area (Å²) < 4.78 is 0. The molecule has 82 valence electrons. The Labute approximate surface area is 98.8 Å². The predicted octanol–water partition coefficient (Wildman–Crippen LogP) is 3.00. The average Bonchev–Trinajstić information content (AvgIpc) is 2.36. The molecule has 1 aliphatic carbocycles. The molecule has 3 rings (SSSR count). The van der Waals surface area contributed by atoms with Crippen molar-refractivity contribution in [3.8, 4) is 5.75 Å². The van der Waals surface area contributed by atoms with Crippen LogP contribution in [-0.4, -0.2) is 10.9 Å². The van der Waals surface area contributed by atoms with Crippen LogP contribution in [0, 0.1) is 0 Å². The van der Waals surface area contributed by atoms with Crippen molar-refractivity contribution >= 4 is 11.4 Å². The molecule has 0 atom stereocenters. The lowest BCUT2D eigenvalue weighted by Crippen LogP contribution is -2.13. The summed E-state index contributed by atoms with van der Waals surface area (Å²) in [6, 6.07) is 12.3. The van der Waals surface area contributed by atoms with Gasteiger partial charge in [-0.3, -0.25) is 4.79 Å². The van der Waals surface area contributed by atoms with Crippen LogP contribution in [0.1, 0.15) is 27.0 Å². The van der Waals surface area contributed by atoms with Gasteiger partial charge in [0.15, 0.2) is 5.78 Å². The molecular formula is C15H10O2. The molecule has 2 aromatic rings. The van der Waals surface area contributed by atoms with E-state index in [1.54, 1.807) is 24.3 Å². The third-order valence-corrected chi connectivity index (χ3v) is 3.09. The summed E-state index contributed by atoms with van der Waals surface area (Å²) in [4.78, 5) is 12.3. The molecule has 17 heavy (non-hydrogen) atoms. The minimum Gasteiger partial charge on any atom is -0.507 e. The molecule has 0 bridgehead atoms. The summed E-state index contributed by atoms with van der Waals surface area (Å²) in [6.07, 6.45) is 0. The Morgan fingerprint density at radius 1 is 0.882 bits per heavy atom. The van der Waals surface area contributed by atoms with Crippen LogP contribution in [0.4, 0.5) is 0 Å². The van der Waals surface area contributed by atoms with E-state index in [-0.39, 0.29) is 11.5 Å². The Morgan fingerprint density at radius 3 is 2.29 bits per heavy atom. The molecule has 2 heteroatoms. The van der Waals surface area contributed by atoms with Gasteiger partial charge in [0.05, 0.1) is 0 Å². The summed E-state index contributed by atoms with van der Waals surface area (Å²) in [5.41, 5.74) is 3.22. The number of hydrogen-bond donors (Lipinski definition) is 1. The van der Waals surface area contributed by atoms with Crippen molar-refractivity contribution in [2.75, 3.05) is 0 Å². The predicted molar refractivity (Wildman–Crippen MR) is 66.1 cm³/mol. The van der Waals surface area contributed by atoms with E-state index in [0.717, 1.165) is 5.56 Å². The number of ketones is 1. The molecule has 0 spiro atoms. The molecule has 2 aromatic carbocycles. The van der Waals surface area contributed by atoms with E-state index < -0.39 is 0 Å². The molecule has 0 aliphatic heterocycles. The fraction of sp³-hybridized carbons (Fsp3) is 0. The van der Waals surface area contributed by atoms with Gasteiger partial charge in [-0.05, 0) is 17.2 Å². The quantitative estimate of drug-likeness (QED) is 0.634. The molecule has 0 saturated carbocycles. The maximum atomic E-state index is 12.3. The summed E-state index contributed by atoms with van der Waals surface area (Å²) in [7, 11) is 0. The molecule has 2 nitrogen and oxygen atoms in total. The molecular weight excluding hydrogens is 212 g/mol. The van der Waals surface area contributed by atoms with Crippen LogP contribution in [-0.2, 0) is 0 Å².